The van der Waals surface area contributed by atoms with Crippen LogP contribution in [0.5, 0.6) is 0 Å². The molecule has 132 valence electrons. The van der Waals surface area contributed by atoms with Crippen molar-refractivity contribution in [2.45, 2.75) is 13.0 Å². The van der Waals surface area contributed by atoms with Gasteiger partial charge in [-0.2, -0.15) is 5.10 Å². The molecule has 0 radical (unpaired) electrons. The Bertz CT molecular complexity index is 959. The van der Waals surface area contributed by atoms with E-state index < -0.39 is 10.8 Å². The van der Waals surface area contributed by atoms with Crippen molar-refractivity contribution in [3.63, 3.8) is 0 Å². The van der Waals surface area contributed by atoms with Gasteiger partial charge in [-0.15, -0.1) is 0 Å². The quantitative estimate of drug-likeness (QED) is 0.547. The van der Waals surface area contributed by atoms with Crippen molar-refractivity contribution in [2.75, 3.05) is 0 Å². The molecule has 0 aliphatic carbocycles. The minimum Gasteiger partial charge on any atom is -0.345 e. The van der Waals surface area contributed by atoms with Crippen LogP contribution < -0.4 is 5.32 Å². The molecule has 0 saturated carbocycles. The summed E-state index contributed by atoms with van der Waals surface area (Å²) < 4.78 is 1.27. The van der Waals surface area contributed by atoms with Crippen LogP contribution in [0, 0.1) is 10.1 Å². The average Bonchev–Trinajstić information content (AvgIpc) is 3.15. The maximum Gasteiger partial charge on any atom is 0.295 e. The molecule has 0 spiro atoms. The van der Waals surface area contributed by atoms with E-state index in [9.17, 15) is 14.9 Å². The molecule has 0 fully saturated rings. The van der Waals surface area contributed by atoms with Gasteiger partial charge in [-0.1, -0.05) is 29.8 Å². The molecule has 3 aromatic rings. The molecule has 0 aliphatic rings. The largest absolute Gasteiger partial charge is 0.345 e. The lowest BCUT2D eigenvalue weighted by Crippen LogP contribution is -2.27. The van der Waals surface area contributed by atoms with Gasteiger partial charge in [-0.25, -0.2) is 9.67 Å². The Labute approximate surface area is 153 Å². The Morgan fingerprint density at radius 3 is 2.73 bits per heavy atom. The average molecular weight is 372 g/mol. The molecule has 1 N–H and O–H groups in total. The first kappa shape index (κ1) is 17.6. The van der Waals surface area contributed by atoms with Crippen LogP contribution in [0.2, 0.25) is 5.02 Å². The Kier molecular flexibility index (Phi) is 4.94. The lowest BCUT2D eigenvalue weighted by molar-refractivity contribution is -0.384. The zero-order valence-corrected chi connectivity index (χ0v) is 14.4. The van der Waals surface area contributed by atoms with Gasteiger partial charge in [0.15, 0.2) is 0 Å². The van der Waals surface area contributed by atoms with Gasteiger partial charge < -0.3 is 5.32 Å². The lowest BCUT2D eigenvalue weighted by atomic mass is 10.1. The lowest BCUT2D eigenvalue weighted by Gasteiger charge is -2.16. The number of halogens is 1. The Morgan fingerprint density at radius 2 is 2.08 bits per heavy atom. The van der Waals surface area contributed by atoms with Crippen LogP contribution in [0.15, 0.2) is 55.1 Å². The predicted molar refractivity (Wildman–Crippen MR) is 95.3 cm³/mol. The number of rotatable bonds is 5. The highest BCUT2D eigenvalue weighted by atomic mass is 35.5. The van der Waals surface area contributed by atoms with Crippen molar-refractivity contribution >= 4 is 23.2 Å². The van der Waals surface area contributed by atoms with Crippen LogP contribution in [0.25, 0.3) is 5.69 Å². The van der Waals surface area contributed by atoms with E-state index in [2.05, 4.69) is 15.4 Å². The van der Waals surface area contributed by atoms with Crippen LogP contribution >= 0.6 is 11.6 Å². The SMILES string of the molecule is CC(NC(=O)c1ccc(-n2cncn2)c([N+](=O)[O-])c1)c1ccccc1Cl. The molecule has 9 heteroatoms. The molecule has 1 heterocycles. The summed E-state index contributed by atoms with van der Waals surface area (Å²) in [5.41, 5.74) is 0.910. The van der Waals surface area contributed by atoms with Gasteiger partial charge in [0.05, 0.1) is 11.0 Å². The molecule has 1 amide bonds. The minimum atomic E-state index is -0.564. The molecule has 1 aromatic heterocycles. The molecular weight excluding hydrogens is 358 g/mol. The van der Waals surface area contributed by atoms with Crippen LogP contribution in [-0.2, 0) is 0 Å². The number of nitrogens with zero attached hydrogens (tertiary/aromatic N) is 4. The van der Waals surface area contributed by atoms with Crippen molar-refractivity contribution in [2.24, 2.45) is 0 Å². The van der Waals surface area contributed by atoms with E-state index in [1.807, 2.05) is 12.1 Å². The molecule has 0 aliphatic heterocycles. The van der Waals surface area contributed by atoms with Crippen molar-refractivity contribution in [3.05, 3.63) is 81.4 Å². The van der Waals surface area contributed by atoms with Crippen molar-refractivity contribution in [1.29, 1.82) is 0 Å². The molecular formula is C17H14ClN5O3. The smallest absolute Gasteiger partial charge is 0.295 e. The fourth-order valence-electron chi connectivity index (χ4n) is 2.52. The number of benzene rings is 2. The molecule has 0 bridgehead atoms. The molecule has 3 rings (SSSR count). The number of amides is 1. The molecule has 0 saturated heterocycles. The predicted octanol–water partition coefficient (Wildman–Crippen LogP) is 3.32. The van der Waals surface area contributed by atoms with E-state index in [0.29, 0.717) is 5.02 Å². The first-order valence-corrected chi connectivity index (χ1v) is 8.04. The van der Waals surface area contributed by atoms with Gasteiger partial charge in [0.2, 0.25) is 0 Å². The van der Waals surface area contributed by atoms with E-state index in [4.69, 9.17) is 11.6 Å². The second-order valence-corrected chi connectivity index (χ2v) is 5.92. The third-order valence-corrected chi connectivity index (χ3v) is 4.16. The maximum absolute atomic E-state index is 12.5. The van der Waals surface area contributed by atoms with Crippen molar-refractivity contribution in [1.82, 2.24) is 20.1 Å². The summed E-state index contributed by atoms with van der Waals surface area (Å²) in [6.07, 6.45) is 2.62. The fraction of sp³-hybridized carbons (Fsp3) is 0.118. The number of nitrogens with one attached hydrogen (secondary N) is 1. The van der Waals surface area contributed by atoms with Crippen molar-refractivity contribution in [3.8, 4) is 5.69 Å². The second-order valence-electron chi connectivity index (χ2n) is 5.52. The Morgan fingerprint density at radius 1 is 1.31 bits per heavy atom. The highest BCUT2D eigenvalue weighted by Crippen LogP contribution is 2.25. The summed E-state index contributed by atoms with van der Waals surface area (Å²) in [5.74, 6) is -0.439. The molecule has 2 aromatic carbocycles. The van der Waals surface area contributed by atoms with Gasteiger partial charge in [-0.3, -0.25) is 14.9 Å². The number of nitro benzene ring substituents is 1. The number of hydrogen-bond donors (Lipinski definition) is 1. The topological polar surface area (TPSA) is 103 Å². The summed E-state index contributed by atoms with van der Waals surface area (Å²) in [7, 11) is 0. The van der Waals surface area contributed by atoms with E-state index >= 15 is 0 Å². The summed E-state index contributed by atoms with van der Waals surface area (Å²) in [4.78, 5) is 27.1. The van der Waals surface area contributed by atoms with Gasteiger partial charge in [0.25, 0.3) is 11.6 Å². The van der Waals surface area contributed by atoms with E-state index in [0.717, 1.165) is 5.56 Å². The zero-order valence-electron chi connectivity index (χ0n) is 13.7. The standard InChI is InChI=1S/C17H14ClN5O3/c1-11(13-4-2-3-5-14(13)18)21-17(24)12-6-7-15(16(8-12)23(25)26)22-10-19-9-20-22/h2-11H,1H3,(H,21,24). The van der Waals surface area contributed by atoms with E-state index in [1.54, 1.807) is 19.1 Å². The number of hydrogen-bond acceptors (Lipinski definition) is 5. The monoisotopic (exact) mass is 371 g/mol. The molecule has 8 nitrogen and oxygen atoms in total. The van der Waals surface area contributed by atoms with Crippen LogP contribution in [-0.4, -0.2) is 25.6 Å². The molecule has 1 unspecified atom stereocenters. The van der Waals surface area contributed by atoms with Gasteiger partial charge in [-0.05, 0) is 30.7 Å². The van der Waals surface area contributed by atoms with E-state index in [-0.39, 0.29) is 23.0 Å². The summed E-state index contributed by atoms with van der Waals surface area (Å²) in [6, 6.07) is 11.0. The number of aromatic nitrogens is 3. The molecule has 26 heavy (non-hydrogen) atoms. The van der Waals surface area contributed by atoms with Crippen LogP contribution in [0.3, 0.4) is 0 Å². The normalized spacial score (nSPS) is 11.8. The van der Waals surface area contributed by atoms with Crippen LogP contribution in [0.4, 0.5) is 5.69 Å². The van der Waals surface area contributed by atoms with Crippen LogP contribution in [0.1, 0.15) is 28.9 Å². The third kappa shape index (κ3) is 3.55. The first-order chi connectivity index (χ1) is 12.5. The fourth-order valence-corrected chi connectivity index (χ4v) is 2.82. The second kappa shape index (κ2) is 7.32. The summed E-state index contributed by atoms with van der Waals surface area (Å²) >= 11 is 6.14. The summed E-state index contributed by atoms with van der Waals surface area (Å²) in [6.45, 7) is 1.79. The number of carbonyl (C=O) groups excluding carboxylic acids is 1. The minimum absolute atomic E-state index is 0.166. The van der Waals surface area contributed by atoms with Gasteiger partial charge >= 0.3 is 0 Å². The summed E-state index contributed by atoms with van der Waals surface area (Å²) in [5, 5.41) is 18.6. The zero-order chi connectivity index (χ0) is 18.7. The van der Waals surface area contributed by atoms with Gasteiger partial charge in [0, 0.05) is 16.7 Å². The maximum atomic E-state index is 12.5. The third-order valence-electron chi connectivity index (χ3n) is 3.82. The first-order valence-electron chi connectivity index (χ1n) is 7.66. The van der Waals surface area contributed by atoms with Crippen molar-refractivity contribution < 1.29 is 9.72 Å². The Hall–Kier alpha value is -3.26. The number of carbonyl (C=O) groups is 1. The number of nitro groups is 1. The van der Waals surface area contributed by atoms with E-state index in [1.165, 1.54) is 35.5 Å². The van der Waals surface area contributed by atoms with Gasteiger partial charge in [0.1, 0.15) is 18.3 Å². The highest BCUT2D eigenvalue weighted by Gasteiger charge is 2.20. The molecule has 1 atom stereocenters. The Balaban J connectivity index is 1.87. The highest BCUT2D eigenvalue weighted by molar-refractivity contribution is 6.31.